The van der Waals surface area contributed by atoms with Gasteiger partial charge in [-0.05, 0) is 30.7 Å². The molecule has 0 unspecified atom stereocenters. The van der Waals surface area contributed by atoms with Crippen molar-refractivity contribution in [1.29, 1.82) is 0 Å². The van der Waals surface area contributed by atoms with Gasteiger partial charge in [-0.1, -0.05) is 12.1 Å². The lowest BCUT2D eigenvalue weighted by Crippen LogP contribution is -2.05. The van der Waals surface area contributed by atoms with Gasteiger partial charge in [-0.2, -0.15) is 0 Å². The Bertz CT molecular complexity index is 611. The van der Waals surface area contributed by atoms with Crippen molar-refractivity contribution in [3.63, 3.8) is 0 Å². The van der Waals surface area contributed by atoms with Gasteiger partial charge in [0, 0.05) is 6.20 Å². The second-order valence-electron chi connectivity index (χ2n) is 3.94. The van der Waals surface area contributed by atoms with Crippen molar-refractivity contribution < 1.29 is 14.3 Å². The van der Waals surface area contributed by atoms with Gasteiger partial charge in [0.15, 0.2) is 5.75 Å². The van der Waals surface area contributed by atoms with Crippen molar-refractivity contribution in [2.45, 2.75) is 6.92 Å². The van der Waals surface area contributed by atoms with Crippen LogP contribution in [-0.2, 0) is 4.74 Å². The number of nitrogens with zero attached hydrogens (tertiary/aromatic N) is 1. The highest BCUT2D eigenvalue weighted by molar-refractivity contribution is 5.91. The molecule has 0 fully saturated rings. The van der Waals surface area contributed by atoms with Crippen LogP contribution >= 0.6 is 0 Å². The maximum Gasteiger partial charge on any atom is 0.343 e. The topological polar surface area (TPSA) is 74.4 Å². The lowest BCUT2D eigenvalue weighted by atomic mass is 10.2. The minimum atomic E-state index is -0.505. The number of aromatic nitrogens is 1. The molecule has 2 rings (SSSR count). The van der Waals surface area contributed by atoms with Crippen molar-refractivity contribution in [2.24, 2.45) is 0 Å². The molecule has 0 bridgehead atoms. The average molecular weight is 258 g/mol. The maximum absolute atomic E-state index is 11.6. The second kappa shape index (κ2) is 5.39. The number of nitrogen functional groups attached to an aromatic ring is 1. The molecule has 19 heavy (non-hydrogen) atoms. The first-order valence-electron chi connectivity index (χ1n) is 5.69. The van der Waals surface area contributed by atoms with Gasteiger partial charge in [0.25, 0.3) is 0 Å². The van der Waals surface area contributed by atoms with Crippen LogP contribution in [0.25, 0.3) is 0 Å². The number of anilines is 1. The number of benzene rings is 1. The Morgan fingerprint density at radius 1 is 1.26 bits per heavy atom. The average Bonchev–Trinajstić information content (AvgIpc) is 2.43. The fourth-order valence-corrected chi connectivity index (χ4v) is 1.58. The predicted molar refractivity (Wildman–Crippen MR) is 71.2 cm³/mol. The summed E-state index contributed by atoms with van der Waals surface area (Å²) >= 11 is 0. The van der Waals surface area contributed by atoms with Crippen LogP contribution in [0.15, 0.2) is 36.5 Å². The largest absolute Gasteiger partial charge is 0.465 e. The van der Waals surface area contributed by atoms with E-state index >= 15 is 0 Å². The lowest BCUT2D eigenvalue weighted by molar-refractivity contribution is 0.0597. The molecule has 5 nitrogen and oxygen atoms in total. The number of hydrogen-bond acceptors (Lipinski definition) is 5. The van der Waals surface area contributed by atoms with Gasteiger partial charge < -0.3 is 15.2 Å². The van der Waals surface area contributed by atoms with Crippen LogP contribution < -0.4 is 10.5 Å². The van der Waals surface area contributed by atoms with Gasteiger partial charge in [-0.25, -0.2) is 9.78 Å². The highest BCUT2D eigenvalue weighted by Crippen LogP contribution is 2.30. The van der Waals surface area contributed by atoms with E-state index in [9.17, 15) is 4.79 Å². The summed E-state index contributed by atoms with van der Waals surface area (Å²) in [5, 5.41) is 0. The Labute approximate surface area is 111 Å². The van der Waals surface area contributed by atoms with E-state index < -0.39 is 5.97 Å². The summed E-state index contributed by atoms with van der Waals surface area (Å²) in [6.07, 6.45) is 1.54. The number of rotatable bonds is 3. The fourth-order valence-electron chi connectivity index (χ4n) is 1.58. The Balaban J connectivity index is 2.39. The van der Waals surface area contributed by atoms with Crippen LogP contribution in [0.4, 0.5) is 5.69 Å². The van der Waals surface area contributed by atoms with Crippen molar-refractivity contribution in [2.75, 3.05) is 12.8 Å². The molecule has 0 aliphatic heterocycles. The number of hydrogen-bond donors (Lipinski definition) is 1. The molecular weight excluding hydrogens is 244 g/mol. The number of carbonyl (C=O) groups excluding carboxylic acids is 1. The smallest absolute Gasteiger partial charge is 0.343 e. The molecule has 2 N–H and O–H groups in total. The van der Waals surface area contributed by atoms with Crippen LogP contribution in [0, 0.1) is 6.92 Å². The lowest BCUT2D eigenvalue weighted by Gasteiger charge is -2.11. The second-order valence-corrected chi connectivity index (χ2v) is 3.94. The van der Waals surface area contributed by atoms with Crippen LogP contribution in [0.1, 0.15) is 15.9 Å². The Morgan fingerprint density at radius 2 is 2.05 bits per heavy atom. The van der Waals surface area contributed by atoms with E-state index in [4.69, 9.17) is 10.5 Å². The molecule has 5 heteroatoms. The summed E-state index contributed by atoms with van der Waals surface area (Å²) in [4.78, 5) is 15.6. The van der Waals surface area contributed by atoms with Crippen molar-refractivity contribution in [1.82, 2.24) is 4.98 Å². The normalized spacial score (nSPS) is 10.0. The van der Waals surface area contributed by atoms with Crippen LogP contribution in [0.2, 0.25) is 0 Å². The summed E-state index contributed by atoms with van der Waals surface area (Å²) < 4.78 is 10.3. The van der Waals surface area contributed by atoms with Crippen LogP contribution in [-0.4, -0.2) is 18.1 Å². The quantitative estimate of drug-likeness (QED) is 0.676. The van der Waals surface area contributed by atoms with E-state index in [0.29, 0.717) is 11.4 Å². The highest BCUT2D eigenvalue weighted by Gasteiger charge is 2.15. The van der Waals surface area contributed by atoms with Gasteiger partial charge in [0.1, 0.15) is 5.56 Å². The van der Waals surface area contributed by atoms with Crippen molar-refractivity contribution in [3.05, 3.63) is 47.7 Å². The Kier molecular flexibility index (Phi) is 3.66. The van der Waals surface area contributed by atoms with Gasteiger partial charge in [0.2, 0.25) is 5.88 Å². The molecule has 0 amide bonds. The number of carbonyl (C=O) groups is 1. The number of esters is 1. The number of aryl methyl sites for hydroxylation is 1. The summed E-state index contributed by atoms with van der Waals surface area (Å²) in [5.41, 5.74) is 7.59. The first-order chi connectivity index (χ1) is 9.13. The van der Waals surface area contributed by atoms with E-state index in [1.54, 1.807) is 18.2 Å². The Hall–Kier alpha value is -2.56. The highest BCUT2D eigenvalue weighted by atomic mass is 16.5. The molecule has 0 aliphatic carbocycles. The number of pyridine rings is 1. The number of para-hydroxylation sites is 1. The minimum Gasteiger partial charge on any atom is -0.465 e. The third-order valence-electron chi connectivity index (χ3n) is 2.67. The zero-order chi connectivity index (χ0) is 13.8. The fraction of sp³-hybridized carbons (Fsp3) is 0.143. The molecule has 98 valence electrons. The molecule has 0 atom stereocenters. The molecule has 1 aromatic carbocycles. The number of nitrogens with two attached hydrogens (primary N) is 1. The van der Waals surface area contributed by atoms with Gasteiger partial charge in [-0.3, -0.25) is 0 Å². The van der Waals surface area contributed by atoms with E-state index in [1.165, 1.54) is 13.3 Å². The summed E-state index contributed by atoms with van der Waals surface area (Å²) in [5.74, 6) is 0.129. The van der Waals surface area contributed by atoms with Gasteiger partial charge in [0.05, 0.1) is 12.8 Å². The SMILES string of the molecule is COC(=O)c1cccnc1Oc1cccc(C)c1N. The zero-order valence-electron chi connectivity index (χ0n) is 10.7. The molecule has 1 heterocycles. The zero-order valence-corrected chi connectivity index (χ0v) is 10.7. The standard InChI is InChI=1S/C14H14N2O3/c1-9-5-3-7-11(12(9)15)19-13-10(14(17)18-2)6-4-8-16-13/h3-8H,15H2,1-2H3. The summed E-state index contributed by atoms with van der Waals surface area (Å²) in [6.45, 7) is 1.88. The van der Waals surface area contributed by atoms with E-state index in [1.807, 2.05) is 19.1 Å². The number of ether oxygens (including phenoxy) is 2. The molecule has 0 radical (unpaired) electrons. The molecule has 1 aromatic heterocycles. The molecule has 2 aromatic rings. The predicted octanol–water partition coefficient (Wildman–Crippen LogP) is 2.55. The summed E-state index contributed by atoms with van der Waals surface area (Å²) in [6, 6.07) is 8.64. The third-order valence-corrected chi connectivity index (χ3v) is 2.67. The van der Waals surface area contributed by atoms with E-state index in [-0.39, 0.29) is 11.4 Å². The van der Waals surface area contributed by atoms with Gasteiger partial charge >= 0.3 is 5.97 Å². The van der Waals surface area contributed by atoms with E-state index in [2.05, 4.69) is 9.72 Å². The summed E-state index contributed by atoms with van der Waals surface area (Å²) in [7, 11) is 1.31. The molecular formula is C14H14N2O3. The molecule has 0 aliphatic rings. The monoisotopic (exact) mass is 258 g/mol. The first kappa shape index (κ1) is 12.9. The first-order valence-corrected chi connectivity index (χ1v) is 5.69. The van der Waals surface area contributed by atoms with E-state index in [0.717, 1.165) is 5.56 Å². The Morgan fingerprint density at radius 3 is 2.79 bits per heavy atom. The molecule has 0 saturated carbocycles. The number of methoxy groups -OCH3 is 1. The third kappa shape index (κ3) is 2.65. The minimum absolute atomic E-state index is 0.173. The molecule has 0 spiro atoms. The van der Waals surface area contributed by atoms with Gasteiger partial charge in [-0.15, -0.1) is 0 Å². The van der Waals surface area contributed by atoms with Crippen molar-refractivity contribution in [3.8, 4) is 11.6 Å². The van der Waals surface area contributed by atoms with Crippen LogP contribution in [0.5, 0.6) is 11.6 Å². The molecule has 0 saturated heterocycles. The maximum atomic E-state index is 11.6. The van der Waals surface area contributed by atoms with Crippen LogP contribution in [0.3, 0.4) is 0 Å². The van der Waals surface area contributed by atoms with Crippen molar-refractivity contribution >= 4 is 11.7 Å².